The van der Waals surface area contributed by atoms with E-state index in [9.17, 15) is 0 Å². The molecule has 2 rings (SSSR count). The van der Waals surface area contributed by atoms with E-state index in [4.69, 9.17) is 17.3 Å². The highest BCUT2D eigenvalue weighted by Crippen LogP contribution is 2.25. The van der Waals surface area contributed by atoms with E-state index in [1.54, 1.807) is 6.20 Å². The van der Waals surface area contributed by atoms with Crippen LogP contribution >= 0.6 is 11.6 Å². The predicted molar refractivity (Wildman–Crippen MR) is 67.7 cm³/mol. The monoisotopic (exact) mass is 249 g/mol. The van der Waals surface area contributed by atoms with Gasteiger partial charge >= 0.3 is 0 Å². The van der Waals surface area contributed by atoms with E-state index in [-0.39, 0.29) is 11.2 Å². The molecule has 88 valence electrons. The molecule has 0 aliphatic heterocycles. The number of nitrogens with two attached hydrogens (primary N) is 1. The topological polar surface area (TPSA) is 76.7 Å². The van der Waals surface area contributed by atoms with Crippen molar-refractivity contribution in [3.63, 3.8) is 0 Å². The van der Waals surface area contributed by atoms with E-state index in [2.05, 4.69) is 20.3 Å². The predicted octanol–water partition coefficient (Wildman–Crippen LogP) is 2.28. The third kappa shape index (κ3) is 2.62. The minimum Gasteiger partial charge on any atom is -0.393 e. The lowest BCUT2D eigenvalue weighted by Gasteiger charge is -2.15. The molecule has 0 aromatic carbocycles. The highest BCUT2D eigenvalue weighted by molar-refractivity contribution is 6.32. The zero-order chi connectivity index (χ0) is 12.3. The van der Waals surface area contributed by atoms with Crippen LogP contribution in [-0.4, -0.2) is 15.0 Å². The quantitative estimate of drug-likeness (QED) is 0.816. The maximum Gasteiger partial charge on any atom is 0.157 e. The molecule has 0 fully saturated rings. The van der Waals surface area contributed by atoms with Crippen LogP contribution in [0.2, 0.25) is 5.15 Å². The molecule has 6 heteroatoms. The molecular formula is C11H12ClN5. The number of halogens is 1. The summed E-state index contributed by atoms with van der Waals surface area (Å²) in [4.78, 5) is 12.1. The lowest BCUT2D eigenvalue weighted by Crippen LogP contribution is -2.11. The Bertz CT molecular complexity index is 502. The van der Waals surface area contributed by atoms with Crippen LogP contribution < -0.4 is 11.1 Å². The number of nitrogens with zero attached hydrogens (tertiary/aromatic N) is 3. The van der Waals surface area contributed by atoms with Crippen molar-refractivity contribution in [2.75, 3.05) is 11.1 Å². The average Bonchev–Trinajstić information content (AvgIpc) is 2.36. The first-order valence-electron chi connectivity index (χ1n) is 5.12. The van der Waals surface area contributed by atoms with Crippen molar-refractivity contribution in [3.05, 3.63) is 41.6 Å². The molecule has 0 amide bonds. The van der Waals surface area contributed by atoms with Gasteiger partial charge in [-0.2, -0.15) is 0 Å². The highest BCUT2D eigenvalue weighted by Gasteiger charge is 2.11. The van der Waals surface area contributed by atoms with Gasteiger partial charge in [0.2, 0.25) is 0 Å². The minimum atomic E-state index is -0.00975. The van der Waals surface area contributed by atoms with Gasteiger partial charge in [-0.15, -0.1) is 0 Å². The van der Waals surface area contributed by atoms with Crippen LogP contribution in [0.3, 0.4) is 0 Å². The summed E-state index contributed by atoms with van der Waals surface area (Å²) in [5, 5.41) is 3.39. The maximum absolute atomic E-state index is 5.81. The first-order chi connectivity index (χ1) is 8.18. The zero-order valence-corrected chi connectivity index (χ0v) is 10.0. The lowest BCUT2D eigenvalue weighted by molar-refractivity contribution is 0.831. The summed E-state index contributed by atoms with van der Waals surface area (Å²) < 4.78 is 0. The van der Waals surface area contributed by atoms with Crippen LogP contribution in [0.4, 0.5) is 11.5 Å². The summed E-state index contributed by atoms with van der Waals surface area (Å²) in [6, 6.07) is 5.71. The Kier molecular flexibility index (Phi) is 3.39. The van der Waals surface area contributed by atoms with Crippen molar-refractivity contribution in [3.8, 4) is 0 Å². The molecule has 0 saturated heterocycles. The average molecular weight is 250 g/mol. The number of hydrogen-bond acceptors (Lipinski definition) is 5. The molecule has 0 aliphatic carbocycles. The summed E-state index contributed by atoms with van der Waals surface area (Å²) in [6.45, 7) is 1.97. The Morgan fingerprint density at radius 1 is 1.29 bits per heavy atom. The molecule has 0 spiro atoms. The molecule has 2 aromatic rings. The van der Waals surface area contributed by atoms with Gasteiger partial charge < -0.3 is 11.1 Å². The molecule has 0 aliphatic rings. The Morgan fingerprint density at radius 2 is 2.12 bits per heavy atom. The Balaban J connectivity index is 2.19. The van der Waals surface area contributed by atoms with Crippen LogP contribution in [0.25, 0.3) is 0 Å². The summed E-state index contributed by atoms with van der Waals surface area (Å²) in [5.41, 5.74) is 7.02. The molecule has 0 radical (unpaired) electrons. The standard InChI is InChI=1S/C11H12ClN5/c1-7(8-4-2-3-5-14-8)17-11-9(13)10(12)15-6-16-11/h2-7H,13H2,1H3,(H,15,16,17). The van der Waals surface area contributed by atoms with E-state index >= 15 is 0 Å². The summed E-state index contributed by atoms with van der Waals surface area (Å²) in [7, 11) is 0. The van der Waals surface area contributed by atoms with Crippen molar-refractivity contribution in [1.29, 1.82) is 0 Å². The Hall–Kier alpha value is -1.88. The number of anilines is 2. The van der Waals surface area contributed by atoms with Crippen LogP contribution in [0.15, 0.2) is 30.7 Å². The fourth-order valence-electron chi connectivity index (χ4n) is 1.40. The first-order valence-corrected chi connectivity index (χ1v) is 5.49. The number of nitrogens with one attached hydrogen (secondary N) is 1. The maximum atomic E-state index is 5.81. The number of hydrogen-bond donors (Lipinski definition) is 2. The molecule has 3 N–H and O–H groups in total. The number of nitrogen functional groups attached to an aromatic ring is 1. The number of aromatic nitrogens is 3. The first kappa shape index (κ1) is 11.6. The van der Waals surface area contributed by atoms with Crippen molar-refractivity contribution in [1.82, 2.24) is 15.0 Å². The number of rotatable bonds is 3. The molecule has 1 unspecified atom stereocenters. The Labute approximate surface area is 104 Å². The van der Waals surface area contributed by atoms with E-state index in [0.717, 1.165) is 5.69 Å². The summed E-state index contributed by atoms with van der Waals surface area (Å²) in [5.74, 6) is 0.517. The van der Waals surface area contributed by atoms with Gasteiger partial charge in [0.25, 0.3) is 0 Å². The third-order valence-electron chi connectivity index (χ3n) is 2.32. The molecule has 2 aromatic heterocycles. The van der Waals surface area contributed by atoms with Crippen LogP contribution in [0.5, 0.6) is 0 Å². The van der Waals surface area contributed by atoms with Crippen molar-refractivity contribution < 1.29 is 0 Å². The van der Waals surface area contributed by atoms with Gasteiger partial charge in [-0.25, -0.2) is 9.97 Å². The van der Waals surface area contributed by atoms with E-state index < -0.39 is 0 Å². The smallest absolute Gasteiger partial charge is 0.157 e. The van der Waals surface area contributed by atoms with Crippen LogP contribution in [0, 0.1) is 0 Å². The van der Waals surface area contributed by atoms with Crippen molar-refractivity contribution in [2.24, 2.45) is 0 Å². The Morgan fingerprint density at radius 3 is 2.82 bits per heavy atom. The third-order valence-corrected chi connectivity index (χ3v) is 2.62. The SMILES string of the molecule is CC(Nc1ncnc(Cl)c1N)c1ccccn1. The molecule has 5 nitrogen and oxygen atoms in total. The van der Waals surface area contributed by atoms with E-state index in [1.807, 2.05) is 25.1 Å². The largest absolute Gasteiger partial charge is 0.393 e. The van der Waals surface area contributed by atoms with Crippen LogP contribution in [0.1, 0.15) is 18.7 Å². The molecule has 0 bridgehead atoms. The van der Waals surface area contributed by atoms with Gasteiger partial charge in [0.1, 0.15) is 12.0 Å². The summed E-state index contributed by atoms with van der Waals surface area (Å²) >= 11 is 5.81. The molecule has 2 heterocycles. The van der Waals surface area contributed by atoms with Gasteiger partial charge in [0.15, 0.2) is 11.0 Å². The van der Waals surface area contributed by atoms with Crippen molar-refractivity contribution in [2.45, 2.75) is 13.0 Å². The molecule has 1 atom stereocenters. The normalized spacial score (nSPS) is 12.1. The molecular weight excluding hydrogens is 238 g/mol. The second kappa shape index (κ2) is 4.97. The van der Waals surface area contributed by atoms with Gasteiger partial charge in [0.05, 0.1) is 11.7 Å². The zero-order valence-electron chi connectivity index (χ0n) is 9.26. The van der Waals surface area contributed by atoms with E-state index in [1.165, 1.54) is 6.33 Å². The van der Waals surface area contributed by atoms with Gasteiger partial charge in [0, 0.05) is 6.20 Å². The van der Waals surface area contributed by atoms with Crippen LogP contribution in [-0.2, 0) is 0 Å². The fraction of sp³-hybridized carbons (Fsp3) is 0.182. The molecule has 0 saturated carbocycles. The molecule has 17 heavy (non-hydrogen) atoms. The fourth-order valence-corrected chi connectivity index (χ4v) is 1.53. The van der Waals surface area contributed by atoms with Gasteiger partial charge in [-0.3, -0.25) is 4.98 Å². The van der Waals surface area contributed by atoms with Gasteiger partial charge in [-0.05, 0) is 19.1 Å². The lowest BCUT2D eigenvalue weighted by atomic mass is 10.2. The highest BCUT2D eigenvalue weighted by atomic mass is 35.5. The second-order valence-corrected chi connectivity index (χ2v) is 3.91. The number of pyridine rings is 1. The van der Waals surface area contributed by atoms with Crippen molar-refractivity contribution >= 4 is 23.1 Å². The minimum absolute atomic E-state index is 0.00975. The van der Waals surface area contributed by atoms with E-state index in [0.29, 0.717) is 11.5 Å². The summed E-state index contributed by atoms with van der Waals surface area (Å²) in [6.07, 6.45) is 3.11. The van der Waals surface area contributed by atoms with Gasteiger partial charge in [-0.1, -0.05) is 17.7 Å². The second-order valence-electron chi connectivity index (χ2n) is 3.55.